The normalized spacial score (nSPS) is 12.3. The largest absolute Gasteiger partial charge is 0.477 e. The minimum Gasteiger partial charge on any atom is -0.477 e. The number of rotatable bonds is 7. The van der Waals surface area contributed by atoms with Crippen LogP contribution >= 0.6 is 7.60 Å². The zero-order valence-corrected chi connectivity index (χ0v) is 17.9. The number of aromatic nitrogens is 1. The van der Waals surface area contributed by atoms with Crippen molar-refractivity contribution in [2.45, 2.75) is 46.4 Å². The summed E-state index contributed by atoms with van der Waals surface area (Å²) in [6.45, 7) is 8.44. The van der Waals surface area contributed by atoms with Crippen LogP contribution < -0.4 is 0 Å². The second-order valence-electron chi connectivity index (χ2n) is 7.26. The van der Waals surface area contributed by atoms with E-state index < -0.39 is 31.1 Å². The molecule has 0 aliphatic heterocycles. The van der Waals surface area contributed by atoms with E-state index >= 15 is 0 Å². The lowest BCUT2D eigenvalue weighted by Crippen LogP contribution is -2.28. The number of fused-ring (bicyclic) bond motifs is 1. The van der Waals surface area contributed by atoms with Gasteiger partial charge in [-0.2, -0.15) is 0 Å². The molecule has 1 N–H and O–H groups in total. The van der Waals surface area contributed by atoms with Crippen molar-refractivity contribution in [1.29, 1.82) is 0 Å². The summed E-state index contributed by atoms with van der Waals surface area (Å²) in [5.41, 5.74) is -1.19. The summed E-state index contributed by atoms with van der Waals surface area (Å²) < 4.78 is 44.0. The number of aromatic carboxylic acids is 1. The fourth-order valence-corrected chi connectivity index (χ4v) is 4.49. The van der Waals surface area contributed by atoms with E-state index in [1.54, 1.807) is 34.6 Å². The topological polar surface area (TPSA) is 104 Å². The third-order valence-corrected chi connectivity index (χ3v) is 5.81. The van der Waals surface area contributed by atoms with Gasteiger partial charge in [0.2, 0.25) is 0 Å². The molecule has 160 valence electrons. The van der Waals surface area contributed by atoms with Crippen LogP contribution in [-0.4, -0.2) is 40.6 Å². The van der Waals surface area contributed by atoms with E-state index in [1.807, 2.05) is 0 Å². The molecule has 0 aliphatic rings. The number of hydrogen-bond acceptors (Lipinski definition) is 6. The van der Waals surface area contributed by atoms with Crippen LogP contribution in [0.3, 0.4) is 0 Å². The first-order valence-electron chi connectivity index (χ1n) is 9.09. The third-order valence-electron chi connectivity index (χ3n) is 3.78. The summed E-state index contributed by atoms with van der Waals surface area (Å²) in [7, 11) is -3.57. The van der Waals surface area contributed by atoms with E-state index in [9.17, 15) is 23.7 Å². The van der Waals surface area contributed by atoms with Crippen LogP contribution in [0, 0.1) is 5.82 Å². The first-order chi connectivity index (χ1) is 13.4. The van der Waals surface area contributed by atoms with Gasteiger partial charge in [-0.1, -0.05) is 0 Å². The van der Waals surface area contributed by atoms with Gasteiger partial charge in [0.05, 0.1) is 24.9 Å². The summed E-state index contributed by atoms with van der Waals surface area (Å²) in [6, 6.07) is 3.59. The van der Waals surface area contributed by atoms with Crippen LogP contribution in [0.4, 0.5) is 9.18 Å². The van der Waals surface area contributed by atoms with Gasteiger partial charge in [0, 0.05) is 10.9 Å². The van der Waals surface area contributed by atoms with Gasteiger partial charge in [-0.05, 0) is 52.8 Å². The molecule has 0 spiro atoms. The smallest absolute Gasteiger partial charge is 0.419 e. The highest BCUT2D eigenvalue weighted by Crippen LogP contribution is 2.51. The van der Waals surface area contributed by atoms with Gasteiger partial charge in [0.15, 0.2) is 0 Å². The Morgan fingerprint density at radius 2 is 1.72 bits per heavy atom. The van der Waals surface area contributed by atoms with E-state index in [0.29, 0.717) is 0 Å². The highest BCUT2D eigenvalue weighted by atomic mass is 31.2. The van der Waals surface area contributed by atoms with Crippen molar-refractivity contribution in [3.8, 4) is 0 Å². The molecular formula is C19H25FNO7P. The molecule has 8 nitrogen and oxygen atoms in total. The van der Waals surface area contributed by atoms with Gasteiger partial charge >= 0.3 is 19.7 Å². The molecule has 0 amide bonds. The zero-order chi connectivity index (χ0) is 22.0. The van der Waals surface area contributed by atoms with E-state index in [2.05, 4.69) is 0 Å². The molecule has 0 radical (unpaired) electrons. The Kier molecular flexibility index (Phi) is 6.88. The Labute approximate surface area is 168 Å². The van der Waals surface area contributed by atoms with Gasteiger partial charge in [-0.15, -0.1) is 0 Å². The van der Waals surface area contributed by atoms with Gasteiger partial charge in [0.25, 0.3) is 0 Å². The standard InChI is InChI=1S/C19H25FNO7P/c1-6-26-29(25,27-7-2)11-13-8-12-9-16(17(22)23)21(15(12)10-14(13)20)18(24)28-19(3,4)5/h8-10H,6-7,11H2,1-5H3,(H,22,23). The van der Waals surface area contributed by atoms with Crippen molar-refractivity contribution in [3.05, 3.63) is 35.3 Å². The SMILES string of the molecule is CCOP(=O)(Cc1cc2cc(C(=O)O)n(C(=O)OC(C)(C)C)c2cc1F)OCC. The highest BCUT2D eigenvalue weighted by molar-refractivity contribution is 7.53. The molecule has 1 aromatic carbocycles. The first kappa shape index (κ1) is 23.1. The van der Waals surface area contributed by atoms with Crippen LogP contribution in [0.25, 0.3) is 10.9 Å². The number of hydrogen-bond donors (Lipinski definition) is 1. The van der Waals surface area contributed by atoms with E-state index in [0.717, 1.165) is 10.6 Å². The van der Waals surface area contributed by atoms with Crippen LogP contribution in [0.1, 0.15) is 50.7 Å². The minimum absolute atomic E-state index is 0.0283. The van der Waals surface area contributed by atoms with Crippen molar-refractivity contribution in [1.82, 2.24) is 4.57 Å². The molecule has 0 aliphatic carbocycles. The summed E-state index contributed by atoms with van der Waals surface area (Å²) in [6.07, 6.45) is -1.26. The summed E-state index contributed by atoms with van der Waals surface area (Å²) in [5.74, 6) is -2.14. The number of carboxylic acid groups (broad SMARTS) is 1. The second-order valence-corrected chi connectivity index (χ2v) is 9.31. The lowest BCUT2D eigenvalue weighted by molar-refractivity contribution is 0.0513. The molecule has 0 atom stereocenters. The molecule has 0 saturated heterocycles. The second kappa shape index (κ2) is 8.65. The van der Waals surface area contributed by atoms with Crippen LogP contribution in [0.15, 0.2) is 18.2 Å². The van der Waals surface area contributed by atoms with Gasteiger partial charge in [0.1, 0.15) is 17.1 Å². The fraction of sp³-hybridized carbons (Fsp3) is 0.474. The molecule has 29 heavy (non-hydrogen) atoms. The molecule has 1 heterocycles. The van der Waals surface area contributed by atoms with Crippen LogP contribution in [-0.2, 0) is 24.5 Å². The Bertz CT molecular complexity index is 967. The molecular weight excluding hydrogens is 404 g/mol. The van der Waals surface area contributed by atoms with Gasteiger partial charge in [-0.25, -0.2) is 18.5 Å². The predicted molar refractivity (Wildman–Crippen MR) is 105 cm³/mol. The van der Waals surface area contributed by atoms with E-state index in [4.69, 9.17) is 13.8 Å². The van der Waals surface area contributed by atoms with Crippen LogP contribution in [0.5, 0.6) is 0 Å². The highest BCUT2D eigenvalue weighted by Gasteiger charge is 2.29. The molecule has 2 aromatic rings. The monoisotopic (exact) mass is 429 g/mol. The maximum atomic E-state index is 14.8. The summed E-state index contributed by atoms with van der Waals surface area (Å²) in [4.78, 5) is 24.2. The Hall–Kier alpha value is -2.22. The van der Waals surface area contributed by atoms with Crippen molar-refractivity contribution >= 4 is 30.6 Å². The average Bonchev–Trinajstić information content (AvgIpc) is 2.92. The maximum absolute atomic E-state index is 14.8. The molecule has 0 saturated carbocycles. The van der Waals surface area contributed by atoms with Crippen molar-refractivity contribution < 1.29 is 37.4 Å². The molecule has 0 unspecified atom stereocenters. The van der Waals surface area contributed by atoms with Gasteiger partial charge in [-0.3, -0.25) is 4.57 Å². The van der Waals surface area contributed by atoms with E-state index in [1.165, 1.54) is 12.1 Å². The summed E-state index contributed by atoms with van der Waals surface area (Å²) >= 11 is 0. The van der Waals surface area contributed by atoms with Crippen molar-refractivity contribution in [2.75, 3.05) is 13.2 Å². The molecule has 10 heteroatoms. The number of carbonyl (C=O) groups is 2. The molecule has 0 bridgehead atoms. The summed E-state index contributed by atoms with van der Waals surface area (Å²) in [5, 5.41) is 9.75. The van der Waals surface area contributed by atoms with Crippen molar-refractivity contribution in [2.24, 2.45) is 0 Å². The maximum Gasteiger partial charge on any atom is 0.419 e. The number of carbonyl (C=O) groups excluding carboxylic acids is 1. The van der Waals surface area contributed by atoms with Crippen molar-refractivity contribution in [3.63, 3.8) is 0 Å². The number of carboxylic acids is 1. The average molecular weight is 429 g/mol. The zero-order valence-electron chi connectivity index (χ0n) is 17.0. The fourth-order valence-electron chi connectivity index (χ4n) is 2.79. The predicted octanol–water partition coefficient (Wildman–Crippen LogP) is 5.03. The molecule has 1 aromatic heterocycles. The number of benzene rings is 1. The Morgan fingerprint density at radius 1 is 1.14 bits per heavy atom. The lowest BCUT2D eigenvalue weighted by Gasteiger charge is -2.20. The third kappa shape index (κ3) is 5.44. The number of ether oxygens (including phenoxy) is 1. The van der Waals surface area contributed by atoms with E-state index in [-0.39, 0.29) is 41.5 Å². The minimum atomic E-state index is -3.57. The number of nitrogens with zero attached hydrogens (tertiary/aromatic N) is 1. The first-order valence-corrected chi connectivity index (χ1v) is 10.8. The molecule has 0 fully saturated rings. The molecule has 2 rings (SSSR count). The van der Waals surface area contributed by atoms with Crippen LogP contribution in [0.2, 0.25) is 0 Å². The lowest BCUT2D eigenvalue weighted by atomic mass is 10.1. The van der Waals surface area contributed by atoms with Gasteiger partial charge < -0.3 is 18.9 Å². The quantitative estimate of drug-likeness (QED) is 0.616. The Morgan fingerprint density at radius 3 is 2.21 bits per heavy atom. The number of halogens is 1. The Balaban J connectivity index is 2.58.